The Kier molecular flexibility index (Phi) is 7.26. The maximum Gasteiger partial charge on any atom is 0.407 e. The van der Waals surface area contributed by atoms with Gasteiger partial charge in [-0.3, -0.25) is 4.98 Å². The van der Waals surface area contributed by atoms with Crippen molar-refractivity contribution in [2.75, 3.05) is 5.73 Å². The average molecular weight is 438 g/mol. The van der Waals surface area contributed by atoms with Crippen molar-refractivity contribution < 1.29 is 18.7 Å². The summed E-state index contributed by atoms with van der Waals surface area (Å²) < 4.78 is 18.6. The lowest BCUT2D eigenvalue weighted by molar-refractivity contribution is -0.119. The molecule has 170 valence electrons. The molecule has 1 saturated heterocycles. The van der Waals surface area contributed by atoms with Gasteiger partial charge in [-0.15, -0.1) is 0 Å². The maximum atomic E-state index is 12.6. The molecule has 2 rings (SSSR count). The maximum absolute atomic E-state index is 12.6. The first-order valence-electron chi connectivity index (χ1n) is 10.6. The van der Waals surface area contributed by atoms with E-state index < -0.39 is 20.0 Å². The van der Waals surface area contributed by atoms with Gasteiger partial charge in [-0.05, 0) is 51.9 Å². The van der Waals surface area contributed by atoms with Crippen LogP contribution in [0.25, 0.3) is 0 Å². The molecule has 2 heterocycles. The summed E-state index contributed by atoms with van der Waals surface area (Å²) in [6.45, 7) is 18.5. The molecule has 1 amide bonds. The fourth-order valence-corrected chi connectivity index (χ4v) is 4.68. The first-order valence-corrected chi connectivity index (χ1v) is 13.5. The molecule has 8 heteroatoms. The molecule has 1 aromatic heterocycles. The second kappa shape index (κ2) is 8.84. The third kappa shape index (κ3) is 6.18. The van der Waals surface area contributed by atoms with Crippen molar-refractivity contribution in [2.24, 2.45) is 0 Å². The van der Waals surface area contributed by atoms with E-state index in [4.69, 9.17) is 19.6 Å². The number of hydrogen-bond acceptors (Lipinski definition) is 6. The zero-order valence-electron chi connectivity index (χ0n) is 19.9. The number of ether oxygens (including phenoxy) is 2. The Balaban J connectivity index is 2.30. The van der Waals surface area contributed by atoms with E-state index in [1.54, 1.807) is 12.4 Å². The number of nitrogen functional groups attached to an aromatic ring is 1. The molecule has 0 aromatic carbocycles. The molecule has 4 atom stereocenters. The van der Waals surface area contributed by atoms with Crippen molar-refractivity contribution in [2.45, 2.75) is 103 Å². The van der Waals surface area contributed by atoms with Crippen molar-refractivity contribution in [1.29, 1.82) is 0 Å². The number of rotatable bonds is 4. The summed E-state index contributed by atoms with van der Waals surface area (Å²) in [6, 6.07) is 1.60. The lowest BCUT2D eigenvalue weighted by atomic mass is 9.92. The number of aromatic nitrogens is 1. The summed E-state index contributed by atoms with van der Waals surface area (Å²) in [4.78, 5) is 16.7. The SMILES string of the molecule is C[C@@H]1O[C@H](c2ccncc2N)C[C@H](NC(=O)OC(C)(C)C)[C@H]1O[Si](C)(C)C(C)(C)C. The van der Waals surface area contributed by atoms with E-state index in [1.807, 2.05) is 33.8 Å². The summed E-state index contributed by atoms with van der Waals surface area (Å²) in [6.07, 6.45) is 2.64. The number of amides is 1. The third-order valence-corrected chi connectivity index (χ3v) is 10.4. The second-order valence-electron chi connectivity index (χ2n) is 10.7. The molecule has 0 spiro atoms. The molecule has 7 nitrogen and oxygen atoms in total. The number of hydrogen-bond donors (Lipinski definition) is 2. The standard InChI is InChI=1S/C22H39N3O4Si/c1-14-19(29-30(8,9)22(5,6)7)17(25-20(26)28-21(2,3)4)12-18(27-14)15-10-11-24-13-16(15)23/h10-11,13-14,17-19H,12,23H2,1-9H3,(H,25,26)/t14-,17-,18-,19-/m0/s1. The molecular formula is C22H39N3O4Si. The fraction of sp³-hybridized carbons (Fsp3) is 0.727. The minimum absolute atomic E-state index is 0.0373. The van der Waals surface area contributed by atoms with Crippen LogP contribution in [0.3, 0.4) is 0 Å². The van der Waals surface area contributed by atoms with Crippen LogP contribution in [-0.4, -0.2) is 43.2 Å². The minimum Gasteiger partial charge on any atom is -0.444 e. The molecule has 0 bridgehead atoms. The van der Waals surface area contributed by atoms with E-state index in [9.17, 15) is 4.79 Å². The van der Waals surface area contributed by atoms with Gasteiger partial charge in [0, 0.05) is 18.2 Å². The van der Waals surface area contributed by atoms with Crippen molar-refractivity contribution in [3.63, 3.8) is 0 Å². The fourth-order valence-electron chi connectivity index (χ4n) is 3.29. The highest BCUT2D eigenvalue weighted by atomic mass is 28.4. The van der Waals surface area contributed by atoms with E-state index in [1.165, 1.54) is 0 Å². The number of nitrogens with zero attached hydrogens (tertiary/aromatic N) is 1. The van der Waals surface area contributed by atoms with Gasteiger partial charge in [0.25, 0.3) is 0 Å². The summed E-state index contributed by atoms with van der Waals surface area (Å²) in [7, 11) is -2.09. The van der Waals surface area contributed by atoms with Crippen LogP contribution in [0.5, 0.6) is 0 Å². The van der Waals surface area contributed by atoms with Crippen LogP contribution in [0.4, 0.5) is 10.5 Å². The van der Waals surface area contributed by atoms with Crippen molar-refractivity contribution in [3.05, 3.63) is 24.0 Å². The summed E-state index contributed by atoms with van der Waals surface area (Å²) in [5.41, 5.74) is 7.02. The van der Waals surface area contributed by atoms with E-state index in [2.05, 4.69) is 44.2 Å². The third-order valence-electron chi connectivity index (χ3n) is 5.88. The zero-order valence-corrected chi connectivity index (χ0v) is 20.9. The molecular weight excluding hydrogens is 398 g/mol. The Hall–Kier alpha value is -1.64. The Labute approximate surface area is 182 Å². The predicted octanol–water partition coefficient (Wildman–Crippen LogP) is 4.80. The molecule has 30 heavy (non-hydrogen) atoms. The minimum atomic E-state index is -2.09. The zero-order chi connectivity index (χ0) is 22.9. The summed E-state index contributed by atoms with van der Waals surface area (Å²) in [5.74, 6) is 0. The quantitative estimate of drug-likeness (QED) is 0.657. The summed E-state index contributed by atoms with van der Waals surface area (Å²) >= 11 is 0. The number of pyridine rings is 1. The molecule has 0 aliphatic carbocycles. The number of anilines is 1. The normalized spacial score (nSPS) is 25.6. The first kappa shape index (κ1) is 24.6. The van der Waals surface area contributed by atoms with Gasteiger partial charge in [-0.25, -0.2) is 4.79 Å². The number of alkyl carbamates (subject to hydrolysis) is 1. The van der Waals surface area contributed by atoms with Gasteiger partial charge >= 0.3 is 6.09 Å². The molecule has 0 saturated carbocycles. The molecule has 1 aromatic rings. The van der Waals surface area contributed by atoms with E-state index in [0.717, 1.165) is 5.56 Å². The van der Waals surface area contributed by atoms with Crippen molar-refractivity contribution >= 4 is 20.1 Å². The summed E-state index contributed by atoms with van der Waals surface area (Å²) in [5, 5.41) is 3.09. The molecule has 3 N–H and O–H groups in total. The molecule has 1 aliphatic heterocycles. The van der Waals surface area contributed by atoms with Crippen LogP contribution in [0.2, 0.25) is 18.1 Å². The van der Waals surface area contributed by atoms with E-state index >= 15 is 0 Å². The molecule has 1 aliphatic rings. The van der Waals surface area contributed by atoms with Crippen LogP contribution in [-0.2, 0) is 13.9 Å². The molecule has 0 unspecified atom stereocenters. The highest BCUT2D eigenvalue weighted by Crippen LogP contribution is 2.41. The number of nitrogens with one attached hydrogen (secondary N) is 1. The topological polar surface area (TPSA) is 95.7 Å². The van der Waals surface area contributed by atoms with Crippen LogP contribution in [0.15, 0.2) is 18.5 Å². The van der Waals surface area contributed by atoms with Gasteiger partial charge in [0.15, 0.2) is 8.32 Å². The van der Waals surface area contributed by atoms with Gasteiger partial charge in [0.1, 0.15) is 5.60 Å². The molecule has 1 fully saturated rings. The van der Waals surface area contributed by atoms with Crippen LogP contribution in [0, 0.1) is 0 Å². The van der Waals surface area contributed by atoms with Crippen LogP contribution >= 0.6 is 0 Å². The second-order valence-corrected chi connectivity index (χ2v) is 15.4. The van der Waals surface area contributed by atoms with Gasteiger partial charge in [-0.2, -0.15) is 0 Å². The molecule has 0 radical (unpaired) electrons. The highest BCUT2D eigenvalue weighted by Gasteiger charge is 2.46. The lowest BCUT2D eigenvalue weighted by Gasteiger charge is -2.47. The van der Waals surface area contributed by atoms with Crippen molar-refractivity contribution in [1.82, 2.24) is 10.3 Å². The average Bonchev–Trinajstić information content (AvgIpc) is 2.55. The van der Waals surface area contributed by atoms with E-state index in [-0.39, 0.29) is 29.4 Å². The lowest BCUT2D eigenvalue weighted by Crippen LogP contribution is -2.59. The largest absolute Gasteiger partial charge is 0.444 e. The number of nitrogens with two attached hydrogens (primary N) is 1. The Morgan fingerprint density at radius 1 is 1.27 bits per heavy atom. The predicted molar refractivity (Wildman–Crippen MR) is 122 cm³/mol. The smallest absolute Gasteiger partial charge is 0.407 e. The van der Waals surface area contributed by atoms with E-state index in [0.29, 0.717) is 12.1 Å². The van der Waals surface area contributed by atoms with Crippen molar-refractivity contribution in [3.8, 4) is 0 Å². The first-order chi connectivity index (χ1) is 13.6. The van der Waals surface area contributed by atoms with Crippen LogP contribution < -0.4 is 11.1 Å². The number of carbonyl (C=O) groups excluding carboxylic acids is 1. The number of carbonyl (C=O) groups is 1. The van der Waals surface area contributed by atoms with Gasteiger partial charge in [0.2, 0.25) is 0 Å². The Morgan fingerprint density at radius 2 is 1.90 bits per heavy atom. The van der Waals surface area contributed by atoms with Gasteiger partial charge in [0.05, 0.1) is 36.2 Å². The highest BCUT2D eigenvalue weighted by molar-refractivity contribution is 6.74. The van der Waals surface area contributed by atoms with Crippen LogP contribution in [0.1, 0.15) is 66.6 Å². The van der Waals surface area contributed by atoms with Gasteiger partial charge < -0.3 is 25.0 Å². The Bertz CT molecular complexity index is 743. The monoisotopic (exact) mass is 437 g/mol. The Morgan fingerprint density at radius 3 is 2.43 bits per heavy atom. The van der Waals surface area contributed by atoms with Gasteiger partial charge in [-0.1, -0.05) is 20.8 Å².